The molecule has 1 N–H and O–H groups in total. The summed E-state index contributed by atoms with van der Waals surface area (Å²) in [6.45, 7) is 8.64. The fraction of sp³-hybridized carbons (Fsp3) is 0.625. The van der Waals surface area contributed by atoms with Crippen LogP contribution in [0.25, 0.3) is 0 Å². The number of carbonyl (C=O) groups is 1. The molecule has 0 aromatic carbocycles. The van der Waals surface area contributed by atoms with Crippen molar-refractivity contribution in [3.05, 3.63) is 22.8 Å². The summed E-state index contributed by atoms with van der Waals surface area (Å²) in [5, 5.41) is 3.87. The van der Waals surface area contributed by atoms with E-state index in [1.165, 1.54) is 0 Å². The zero-order valence-corrected chi connectivity index (χ0v) is 13.8. The molecule has 21 heavy (non-hydrogen) atoms. The Hall–Kier alpha value is -1.29. The van der Waals surface area contributed by atoms with Gasteiger partial charge in [-0.3, -0.25) is 4.79 Å². The Bertz CT molecular complexity index is 504. The molecule has 1 unspecified atom stereocenters. The van der Waals surface area contributed by atoms with Crippen molar-refractivity contribution in [3.8, 4) is 0 Å². The molecule has 116 valence electrons. The van der Waals surface area contributed by atoms with Crippen LogP contribution in [0.3, 0.4) is 0 Å². The molecule has 1 aromatic rings. The number of pyridine rings is 1. The van der Waals surface area contributed by atoms with Crippen molar-refractivity contribution in [3.63, 3.8) is 0 Å². The number of halogens is 1. The minimum atomic E-state index is 0.207. The number of hydrogen-bond acceptors (Lipinski definition) is 3. The summed E-state index contributed by atoms with van der Waals surface area (Å²) in [5.41, 5.74) is 0.774. The van der Waals surface area contributed by atoms with E-state index in [0.29, 0.717) is 29.8 Å². The predicted molar refractivity (Wildman–Crippen MR) is 86.4 cm³/mol. The van der Waals surface area contributed by atoms with Crippen LogP contribution in [0.15, 0.2) is 12.1 Å². The molecule has 1 aromatic heterocycles. The zero-order valence-electron chi connectivity index (χ0n) is 13.0. The van der Waals surface area contributed by atoms with E-state index >= 15 is 0 Å². The molecule has 5 heteroatoms. The van der Waals surface area contributed by atoms with Crippen LogP contribution in [0, 0.1) is 11.8 Å². The van der Waals surface area contributed by atoms with E-state index in [9.17, 15) is 4.79 Å². The van der Waals surface area contributed by atoms with E-state index in [4.69, 9.17) is 11.6 Å². The maximum atomic E-state index is 12.1. The molecule has 0 saturated carbocycles. The molecule has 1 atom stereocenters. The minimum absolute atomic E-state index is 0.207. The van der Waals surface area contributed by atoms with Gasteiger partial charge in [0.1, 0.15) is 5.82 Å². The highest BCUT2D eigenvalue weighted by atomic mass is 35.5. The lowest BCUT2D eigenvalue weighted by molar-refractivity contribution is -0.128. The number of aromatic nitrogens is 1. The van der Waals surface area contributed by atoms with Crippen LogP contribution in [0.1, 0.15) is 39.3 Å². The quantitative estimate of drug-likeness (QED) is 0.874. The number of anilines is 1. The molecule has 2 rings (SSSR count). The smallest absolute Gasteiger partial charge is 0.223 e. The summed E-state index contributed by atoms with van der Waals surface area (Å²) in [5.74, 6) is 2.00. The number of hydrogen-bond donors (Lipinski definition) is 1. The van der Waals surface area contributed by atoms with Gasteiger partial charge in [-0.05, 0) is 30.4 Å². The van der Waals surface area contributed by atoms with Crippen molar-refractivity contribution in [1.29, 1.82) is 0 Å². The number of nitrogens with zero attached hydrogens (tertiary/aromatic N) is 2. The van der Waals surface area contributed by atoms with Gasteiger partial charge in [-0.2, -0.15) is 0 Å². The van der Waals surface area contributed by atoms with Crippen LogP contribution in [-0.2, 0) is 11.3 Å². The Kier molecular flexibility index (Phi) is 5.45. The summed E-state index contributed by atoms with van der Waals surface area (Å²) < 4.78 is 0. The van der Waals surface area contributed by atoms with Gasteiger partial charge in [0.05, 0.1) is 17.3 Å². The molecular formula is C16H24ClN3O. The molecule has 0 spiro atoms. The number of carbonyl (C=O) groups excluding carboxylic acids is 1. The third-order valence-electron chi connectivity index (χ3n) is 4.00. The van der Waals surface area contributed by atoms with E-state index in [0.717, 1.165) is 31.0 Å². The van der Waals surface area contributed by atoms with Crippen molar-refractivity contribution in [1.82, 2.24) is 9.88 Å². The van der Waals surface area contributed by atoms with Gasteiger partial charge in [0.15, 0.2) is 0 Å². The van der Waals surface area contributed by atoms with E-state index < -0.39 is 0 Å². The van der Waals surface area contributed by atoms with Gasteiger partial charge in [0, 0.05) is 19.5 Å². The lowest BCUT2D eigenvalue weighted by atomic mass is 9.95. The van der Waals surface area contributed by atoms with Crippen molar-refractivity contribution in [2.75, 3.05) is 18.4 Å². The van der Waals surface area contributed by atoms with Crippen molar-refractivity contribution in [2.24, 2.45) is 11.8 Å². The largest absolute Gasteiger partial charge is 0.370 e. The number of nitrogens with one attached hydrogen (secondary N) is 1. The molecule has 0 radical (unpaired) electrons. The average molecular weight is 310 g/mol. The van der Waals surface area contributed by atoms with Gasteiger partial charge in [0.25, 0.3) is 0 Å². The second-order valence-corrected chi connectivity index (χ2v) is 6.44. The van der Waals surface area contributed by atoms with Crippen molar-refractivity contribution in [2.45, 2.75) is 40.2 Å². The summed E-state index contributed by atoms with van der Waals surface area (Å²) in [6.07, 6.45) is 1.68. The Morgan fingerprint density at radius 3 is 2.86 bits per heavy atom. The maximum Gasteiger partial charge on any atom is 0.223 e. The Labute approximate surface area is 131 Å². The van der Waals surface area contributed by atoms with Gasteiger partial charge < -0.3 is 10.2 Å². The number of rotatable bonds is 6. The molecule has 2 heterocycles. The zero-order chi connectivity index (χ0) is 15.4. The molecule has 1 aliphatic heterocycles. The fourth-order valence-electron chi connectivity index (χ4n) is 2.53. The second kappa shape index (κ2) is 7.12. The lowest BCUT2D eigenvalue weighted by Gasteiger charge is -2.18. The normalized spacial score (nSPS) is 18.6. The third kappa shape index (κ3) is 4.10. The highest BCUT2D eigenvalue weighted by Crippen LogP contribution is 2.27. The molecule has 4 nitrogen and oxygen atoms in total. The highest BCUT2D eigenvalue weighted by Gasteiger charge is 2.31. The van der Waals surface area contributed by atoms with Gasteiger partial charge >= 0.3 is 0 Å². The Balaban J connectivity index is 2.06. The summed E-state index contributed by atoms with van der Waals surface area (Å²) in [7, 11) is 0. The first-order chi connectivity index (χ1) is 10.0. The molecule has 0 bridgehead atoms. The SMILES string of the molecule is CCCNc1ccc(Cl)c(CN2CC(C(C)C)CC2=O)n1. The highest BCUT2D eigenvalue weighted by molar-refractivity contribution is 6.31. The van der Waals surface area contributed by atoms with E-state index in [1.807, 2.05) is 17.0 Å². The molecule has 1 fully saturated rings. The van der Waals surface area contributed by atoms with Crippen LogP contribution in [0.4, 0.5) is 5.82 Å². The monoisotopic (exact) mass is 309 g/mol. The number of amides is 1. The number of likely N-dealkylation sites (tertiary alicyclic amines) is 1. The van der Waals surface area contributed by atoms with Gasteiger partial charge in [-0.1, -0.05) is 32.4 Å². The molecule has 1 amide bonds. The van der Waals surface area contributed by atoms with Gasteiger partial charge in [-0.25, -0.2) is 4.98 Å². The summed E-state index contributed by atoms with van der Waals surface area (Å²) in [6, 6.07) is 3.73. The van der Waals surface area contributed by atoms with Crippen LogP contribution in [0.2, 0.25) is 5.02 Å². The first-order valence-electron chi connectivity index (χ1n) is 7.68. The summed E-state index contributed by atoms with van der Waals surface area (Å²) >= 11 is 6.23. The topological polar surface area (TPSA) is 45.2 Å². The average Bonchev–Trinajstić information content (AvgIpc) is 2.81. The third-order valence-corrected chi connectivity index (χ3v) is 4.35. The second-order valence-electron chi connectivity index (χ2n) is 6.03. The Morgan fingerprint density at radius 2 is 2.24 bits per heavy atom. The molecular weight excluding hydrogens is 286 g/mol. The van der Waals surface area contributed by atoms with Crippen molar-refractivity contribution >= 4 is 23.3 Å². The standard InChI is InChI=1S/C16H24ClN3O/c1-4-7-18-15-6-5-13(17)14(19-15)10-20-9-12(11(2)3)8-16(20)21/h5-6,11-12H,4,7-10H2,1-3H3,(H,18,19). The van der Waals surface area contributed by atoms with Crippen LogP contribution in [-0.4, -0.2) is 28.9 Å². The van der Waals surface area contributed by atoms with Crippen LogP contribution < -0.4 is 5.32 Å². The Morgan fingerprint density at radius 1 is 1.48 bits per heavy atom. The van der Waals surface area contributed by atoms with E-state index in [-0.39, 0.29) is 5.91 Å². The lowest BCUT2D eigenvalue weighted by Crippen LogP contribution is -2.26. The predicted octanol–water partition coefficient (Wildman–Crippen LogP) is 3.56. The maximum absolute atomic E-state index is 12.1. The first-order valence-corrected chi connectivity index (χ1v) is 8.06. The minimum Gasteiger partial charge on any atom is -0.370 e. The summed E-state index contributed by atoms with van der Waals surface area (Å²) in [4.78, 5) is 18.5. The van der Waals surface area contributed by atoms with Crippen molar-refractivity contribution < 1.29 is 4.79 Å². The molecule has 0 aliphatic carbocycles. The van der Waals surface area contributed by atoms with Crippen LogP contribution in [0.5, 0.6) is 0 Å². The van der Waals surface area contributed by atoms with E-state index in [2.05, 4.69) is 31.1 Å². The van der Waals surface area contributed by atoms with E-state index in [1.54, 1.807) is 0 Å². The van der Waals surface area contributed by atoms with Crippen LogP contribution >= 0.6 is 11.6 Å². The van der Waals surface area contributed by atoms with Gasteiger partial charge in [-0.15, -0.1) is 0 Å². The molecule has 1 aliphatic rings. The first kappa shape index (κ1) is 16.1. The molecule has 1 saturated heterocycles. The fourth-order valence-corrected chi connectivity index (χ4v) is 2.69. The van der Waals surface area contributed by atoms with Gasteiger partial charge in [0.2, 0.25) is 5.91 Å².